The molecule has 0 spiro atoms. The number of benzene rings is 2. The van der Waals surface area contributed by atoms with E-state index in [1.165, 1.54) is 0 Å². The normalized spacial score (nSPS) is 18.2. The maximum atomic E-state index is 12.7. The third-order valence-electron chi connectivity index (χ3n) is 5.02. The first-order valence-corrected chi connectivity index (χ1v) is 9.77. The molecule has 0 saturated carbocycles. The average Bonchev–Trinajstić information content (AvgIpc) is 2.74. The van der Waals surface area contributed by atoms with E-state index in [0.29, 0.717) is 55.7 Å². The van der Waals surface area contributed by atoms with Gasteiger partial charge in [-0.3, -0.25) is 9.59 Å². The summed E-state index contributed by atoms with van der Waals surface area (Å²) in [5, 5.41) is 2.87. The second-order valence-electron chi connectivity index (χ2n) is 7.20. The Bertz CT molecular complexity index is 897. The molecule has 2 aliphatic heterocycles. The topological polar surface area (TPSA) is 77.1 Å². The van der Waals surface area contributed by atoms with Gasteiger partial charge in [0, 0.05) is 17.8 Å². The minimum absolute atomic E-state index is 0.0186. The predicted octanol–water partition coefficient (Wildman–Crippen LogP) is 2.50. The van der Waals surface area contributed by atoms with Gasteiger partial charge in [-0.2, -0.15) is 0 Å². The quantitative estimate of drug-likeness (QED) is 0.859. The lowest BCUT2D eigenvalue weighted by Gasteiger charge is -2.33. The molecule has 2 aromatic rings. The van der Waals surface area contributed by atoms with E-state index < -0.39 is 0 Å². The number of hydrogen-bond acceptors (Lipinski definition) is 5. The lowest BCUT2D eigenvalue weighted by molar-refractivity contribution is -0.115. The second-order valence-corrected chi connectivity index (χ2v) is 7.20. The van der Waals surface area contributed by atoms with Crippen molar-refractivity contribution in [3.63, 3.8) is 0 Å². The molecule has 0 radical (unpaired) electrons. The van der Waals surface area contributed by atoms with Gasteiger partial charge >= 0.3 is 0 Å². The molecular weight excluding hydrogens is 372 g/mol. The van der Waals surface area contributed by atoms with Crippen LogP contribution in [0.15, 0.2) is 42.5 Å². The standard InChI is InChI=1S/C22H24N2O5/c1-15-14-27-9-8-24(15)22(26)17-3-5-18(6-4-17)23-21(25)13-16-2-7-19-20(12-16)29-11-10-28-19/h2-7,12,15H,8-11,13-14H2,1H3,(H,23,25). The van der Waals surface area contributed by atoms with Gasteiger partial charge in [0.1, 0.15) is 13.2 Å². The van der Waals surface area contributed by atoms with E-state index in [1.807, 2.05) is 30.0 Å². The maximum absolute atomic E-state index is 12.7. The van der Waals surface area contributed by atoms with E-state index in [4.69, 9.17) is 14.2 Å². The first-order chi connectivity index (χ1) is 14.1. The number of ether oxygens (including phenoxy) is 3. The van der Waals surface area contributed by atoms with Crippen molar-refractivity contribution in [2.24, 2.45) is 0 Å². The van der Waals surface area contributed by atoms with Crippen LogP contribution >= 0.6 is 0 Å². The Balaban J connectivity index is 1.36. The first-order valence-electron chi connectivity index (χ1n) is 9.77. The monoisotopic (exact) mass is 396 g/mol. The molecule has 1 atom stereocenters. The van der Waals surface area contributed by atoms with Crippen molar-refractivity contribution in [3.8, 4) is 11.5 Å². The highest BCUT2D eigenvalue weighted by Crippen LogP contribution is 2.31. The molecule has 7 nitrogen and oxygen atoms in total. The lowest BCUT2D eigenvalue weighted by Crippen LogP contribution is -2.47. The number of carbonyl (C=O) groups excluding carboxylic acids is 2. The summed E-state index contributed by atoms with van der Waals surface area (Å²) >= 11 is 0. The van der Waals surface area contributed by atoms with Gasteiger partial charge in [-0.1, -0.05) is 6.07 Å². The third-order valence-corrected chi connectivity index (χ3v) is 5.02. The Morgan fingerprint density at radius 3 is 2.55 bits per heavy atom. The Labute approximate surface area is 169 Å². The summed E-state index contributed by atoms with van der Waals surface area (Å²) in [5.74, 6) is 1.22. The molecule has 0 bridgehead atoms. The minimum atomic E-state index is -0.137. The Morgan fingerprint density at radius 1 is 1.03 bits per heavy atom. The van der Waals surface area contributed by atoms with Crippen LogP contribution in [0.1, 0.15) is 22.8 Å². The van der Waals surface area contributed by atoms with E-state index in [-0.39, 0.29) is 24.3 Å². The van der Waals surface area contributed by atoms with Gasteiger partial charge in [-0.15, -0.1) is 0 Å². The van der Waals surface area contributed by atoms with Gasteiger partial charge in [0.2, 0.25) is 5.91 Å². The number of morpholine rings is 1. The van der Waals surface area contributed by atoms with Crippen molar-refractivity contribution >= 4 is 17.5 Å². The van der Waals surface area contributed by atoms with Gasteiger partial charge < -0.3 is 24.4 Å². The highest BCUT2D eigenvalue weighted by Gasteiger charge is 2.24. The second kappa shape index (κ2) is 8.53. The van der Waals surface area contributed by atoms with Crippen molar-refractivity contribution in [3.05, 3.63) is 53.6 Å². The van der Waals surface area contributed by atoms with Crippen LogP contribution in [-0.4, -0.2) is 55.7 Å². The molecular formula is C22H24N2O5. The molecule has 4 rings (SSSR count). The molecule has 152 valence electrons. The summed E-state index contributed by atoms with van der Waals surface area (Å²) < 4.78 is 16.4. The molecule has 1 saturated heterocycles. The van der Waals surface area contributed by atoms with Crippen LogP contribution in [0.4, 0.5) is 5.69 Å². The van der Waals surface area contributed by atoms with Crippen LogP contribution in [0.25, 0.3) is 0 Å². The molecule has 2 aliphatic rings. The molecule has 0 aromatic heterocycles. The summed E-state index contributed by atoms with van der Waals surface area (Å²) in [6, 6.07) is 12.6. The number of hydrogen-bond donors (Lipinski definition) is 1. The van der Waals surface area contributed by atoms with Crippen molar-refractivity contribution in [1.82, 2.24) is 4.90 Å². The Hall–Kier alpha value is -3.06. The number of rotatable bonds is 4. The highest BCUT2D eigenvalue weighted by molar-refractivity contribution is 5.96. The van der Waals surface area contributed by atoms with Gasteiger partial charge in [0.15, 0.2) is 11.5 Å². The zero-order valence-electron chi connectivity index (χ0n) is 16.3. The van der Waals surface area contributed by atoms with Gasteiger partial charge in [0.25, 0.3) is 5.91 Å². The van der Waals surface area contributed by atoms with Gasteiger partial charge in [-0.05, 0) is 48.9 Å². The Morgan fingerprint density at radius 2 is 1.79 bits per heavy atom. The number of nitrogens with one attached hydrogen (secondary N) is 1. The van der Waals surface area contributed by atoms with Crippen molar-refractivity contribution in [2.75, 3.05) is 38.3 Å². The van der Waals surface area contributed by atoms with Crippen LogP contribution in [0.5, 0.6) is 11.5 Å². The van der Waals surface area contributed by atoms with E-state index in [1.54, 1.807) is 24.3 Å². The first kappa shape index (κ1) is 19.3. The molecule has 7 heteroatoms. The predicted molar refractivity (Wildman–Crippen MR) is 108 cm³/mol. The number of carbonyl (C=O) groups is 2. The number of amides is 2. The Kier molecular flexibility index (Phi) is 5.67. The summed E-state index contributed by atoms with van der Waals surface area (Å²) in [4.78, 5) is 26.9. The van der Waals surface area contributed by atoms with E-state index in [9.17, 15) is 9.59 Å². The van der Waals surface area contributed by atoms with Crippen molar-refractivity contribution in [2.45, 2.75) is 19.4 Å². The van der Waals surface area contributed by atoms with E-state index in [0.717, 1.165) is 5.56 Å². The fourth-order valence-corrected chi connectivity index (χ4v) is 3.48. The SMILES string of the molecule is CC1COCCN1C(=O)c1ccc(NC(=O)Cc2ccc3c(c2)OCCO3)cc1. The van der Waals surface area contributed by atoms with Crippen LogP contribution in [0, 0.1) is 0 Å². The van der Waals surface area contributed by atoms with Gasteiger partial charge in [-0.25, -0.2) is 0 Å². The lowest BCUT2D eigenvalue weighted by atomic mass is 10.1. The summed E-state index contributed by atoms with van der Waals surface area (Å²) in [5.41, 5.74) is 2.10. The highest BCUT2D eigenvalue weighted by atomic mass is 16.6. The van der Waals surface area contributed by atoms with Crippen molar-refractivity contribution < 1.29 is 23.8 Å². The molecule has 1 fully saturated rings. The van der Waals surface area contributed by atoms with E-state index in [2.05, 4.69) is 5.32 Å². The minimum Gasteiger partial charge on any atom is -0.486 e. The maximum Gasteiger partial charge on any atom is 0.254 e. The van der Waals surface area contributed by atoms with Crippen LogP contribution in [-0.2, 0) is 16.0 Å². The summed E-state index contributed by atoms with van der Waals surface area (Å²) in [6.45, 7) is 4.73. The number of nitrogens with zero attached hydrogens (tertiary/aromatic N) is 1. The van der Waals surface area contributed by atoms with E-state index >= 15 is 0 Å². The zero-order chi connectivity index (χ0) is 20.2. The van der Waals surface area contributed by atoms with Crippen LogP contribution in [0.3, 0.4) is 0 Å². The molecule has 1 unspecified atom stereocenters. The largest absolute Gasteiger partial charge is 0.486 e. The average molecular weight is 396 g/mol. The zero-order valence-corrected chi connectivity index (χ0v) is 16.3. The summed E-state index contributed by atoms with van der Waals surface area (Å²) in [7, 11) is 0. The third kappa shape index (κ3) is 4.51. The van der Waals surface area contributed by atoms with Gasteiger partial charge in [0.05, 0.1) is 25.7 Å². The van der Waals surface area contributed by atoms with Crippen LogP contribution < -0.4 is 14.8 Å². The number of fused-ring (bicyclic) bond motifs is 1. The van der Waals surface area contributed by atoms with Crippen LogP contribution in [0.2, 0.25) is 0 Å². The fraction of sp³-hybridized carbons (Fsp3) is 0.364. The molecule has 2 amide bonds. The molecule has 2 heterocycles. The smallest absolute Gasteiger partial charge is 0.254 e. The molecule has 29 heavy (non-hydrogen) atoms. The molecule has 2 aromatic carbocycles. The molecule has 1 N–H and O–H groups in total. The molecule has 0 aliphatic carbocycles. The number of anilines is 1. The fourth-order valence-electron chi connectivity index (χ4n) is 3.48. The summed E-state index contributed by atoms with van der Waals surface area (Å²) in [6.07, 6.45) is 0.225. The van der Waals surface area contributed by atoms with Crippen molar-refractivity contribution in [1.29, 1.82) is 0 Å².